The molecule has 1 atom stereocenters. The first-order valence-corrected chi connectivity index (χ1v) is 4.65. The zero-order valence-corrected chi connectivity index (χ0v) is 8.27. The highest BCUT2D eigenvalue weighted by molar-refractivity contribution is 5.73. The Labute approximate surface area is 90.6 Å². The zero-order valence-electron chi connectivity index (χ0n) is 8.27. The number of benzene rings is 1. The average Bonchev–Trinajstić information content (AvgIpc) is 2.70. The molecule has 0 fully saturated rings. The topological polar surface area (TPSA) is 81.8 Å². The first-order chi connectivity index (χ1) is 7.59. The summed E-state index contributed by atoms with van der Waals surface area (Å²) in [5.74, 6) is -1.43. The molecule has 5 nitrogen and oxygen atoms in total. The molecular weight excluding hydrogens is 217 g/mol. The summed E-state index contributed by atoms with van der Waals surface area (Å²) in [5, 5.41) is 8.62. The highest BCUT2D eigenvalue weighted by Gasteiger charge is 2.23. The molecule has 3 N–H and O–H groups in total. The molecule has 1 aromatic rings. The predicted octanol–water partition coefficient (Wildman–Crippen LogP) is 0.509. The number of halogens is 1. The number of fused-ring (bicyclic) bond motifs is 1. The molecule has 1 aromatic carbocycles. The van der Waals surface area contributed by atoms with Gasteiger partial charge in [0.2, 0.25) is 12.5 Å². The maximum Gasteiger partial charge on any atom is 0.320 e. The summed E-state index contributed by atoms with van der Waals surface area (Å²) >= 11 is 0. The molecule has 2 rings (SSSR count). The quantitative estimate of drug-likeness (QED) is 0.786. The van der Waals surface area contributed by atoms with Crippen LogP contribution in [0, 0.1) is 5.82 Å². The van der Waals surface area contributed by atoms with Crippen LogP contribution < -0.4 is 15.2 Å². The van der Waals surface area contributed by atoms with E-state index in [-0.39, 0.29) is 24.5 Å². The van der Waals surface area contributed by atoms with Crippen molar-refractivity contribution in [3.05, 3.63) is 23.5 Å². The van der Waals surface area contributed by atoms with Crippen LogP contribution in [0.5, 0.6) is 11.5 Å². The number of carbonyl (C=O) groups is 1. The van der Waals surface area contributed by atoms with E-state index >= 15 is 0 Å². The number of hydrogen-bond donors (Lipinski definition) is 2. The van der Waals surface area contributed by atoms with Crippen molar-refractivity contribution in [2.75, 3.05) is 6.79 Å². The Morgan fingerprint density at radius 3 is 3.00 bits per heavy atom. The number of rotatable bonds is 3. The van der Waals surface area contributed by atoms with Gasteiger partial charge in [0.05, 0.1) is 0 Å². The number of carboxylic acid groups (broad SMARTS) is 1. The summed E-state index contributed by atoms with van der Waals surface area (Å²) in [6.07, 6.45) is -0.0855. The van der Waals surface area contributed by atoms with Crippen molar-refractivity contribution in [2.24, 2.45) is 5.73 Å². The van der Waals surface area contributed by atoms with Gasteiger partial charge in [0.15, 0.2) is 11.6 Å². The van der Waals surface area contributed by atoms with Crippen molar-refractivity contribution in [3.63, 3.8) is 0 Å². The predicted molar refractivity (Wildman–Crippen MR) is 51.8 cm³/mol. The second-order valence-corrected chi connectivity index (χ2v) is 3.42. The van der Waals surface area contributed by atoms with E-state index in [1.54, 1.807) is 0 Å². The third kappa shape index (κ3) is 1.79. The molecule has 1 aliphatic rings. The Hall–Kier alpha value is -1.82. The van der Waals surface area contributed by atoms with Crippen LogP contribution in [-0.2, 0) is 11.2 Å². The summed E-state index contributed by atoms with van der Waals surface area (Å²) in [6, 6.07) is 1.86. The highest BCUT2D eigenvalue weighted by Crippen LogP contribution is 2.36. The van der Waals surface area contributed by atoms with E-state index < -0.39 is 17.8 Å². The van der Waals surface area contributed by atoms with Gasteiger partial charge in [-0.25, -0.2) is 4.39 Å². The van der Waals surface area contributed by atoms with Crippen LogP contribution in [0.25, 0.3) is 0 Å². The fraction of sp³-hybridized carbons (Fsp3) is 0.300. The number of hydrogen-bond acceptors (Lipinski definition) is 4. The molecular formula is C10H10FNO4. The first kappa shape index (κ1) is 10.7. The SMILES string of the molecule is NC(Cc1ccc2c(c1F)OCO2)C(=O)O. The molecule has 0 radical (unpaired) electrons. The second kappa shape index (κ2) is 3.97. The molecule has 0 saturated carbocycles. The summed E-state index contributed by atoms with van der Waals surface area (Å²) < 4.78 is 23.6. The highest BCUT2D eigenvalue weighted by atomic mass is 19.1. The van der Waals surface area contributed by atoms with E-state index in [1.807, 2.05) is 0 Å². The third-order valence-electron chi connectivity index (χ3n) is 2.32. The first-order valence-electron chi connectivity index (χ1n) is 4.65. The van der Waals surface area contributed by atoms with Gasteiger partial charge in [0.1, 0.15) is 6.04 Å². The van der Waals surface area contributed by atoms with Crippen LogP contribution in [0.15, 0.2) is 12.1 Å². The lowest BCUT2D eigenvalue weighted by molar-refractivity contribution is -0.138. The van der Waals surface area contributed by atoms with Gasteiger partial charge in [0, 0.05) is 6.42 Å². The minimum absolute atomic E-state index is 0.0232. The molecule has 1 aliphatic heterocycles. The molecule has 0 saturated heterocycles. The van der Waals surface area contributed by atoms with Gasteiger partial charge in [-0.3, -0.25) is 4.79 Å². The van der Waals surface area contributed by atoms with Crippen LogP contribution in [0.1, 0.15) is 5.56 Å². The van der Waals surface area contributed by atoms with Crippen molar-refractivity contribution in [2.45, 2.75) is 12.5 Å². The second-order valence-electron chi connectivity index (χ2n) is 3.42. The lowest BCUT2D eigenvalue weighted by atomic mass is 10.1. The molecule has 0 aromatic heterocycles. The Kier molecular flexibility index (Phi) is 2.66. The van der Waals surface area contributed by atoms with Crippen LogP contribution in [-0.4, -0.2) is 23.9 Å². The maximum absolute atomic E-state index is 13.7. The smallest absolute Gasteiger partial charge is 0.320 e. The average molecular weight is 227 g/mol. The minimum atomic E-state index is -1.17. The monoisotopic (exact) mass is 227 g/mol. The standard InChI is InChI=1S/C10H10FNO4/c11-8-5(3-6(12)10(13)14)1-2-7-9(8)16-4-15-7/h1-2,6H,3-4,12H2,(H,13,14). The normalized spacial score (nSPS) is 14.9. The van der Waals surface area contributed by atoms with Crippen molar-refractivity contribution in [1.29, 1.82) is 0 Å². The molecule has 1 heterocycles. The molecule has 0 spiro atoms. The van der Waals surface area contributed by atoms with E-state index in [2.05, 4.69) is 0 Å². The van der Waals surface area contributed by atoms with Crippen molar-refractivity contribution >= 4 is 5.97 Å². The molecule has 86 valence electrons. The molecule has 16 heavy (non-hydrogen) atoms. The van der Waals surface area contributed by atoms with Crippen LogP contribution >= 0.6 is 0 Å². The van der Waals surface area contributed by atoms with Crippen molar-refractivity contribution in [1.82, 2.24) is 0 Å². The maximum atomic E-state index is 13.7. The largest absolute Gasteiger partial charge is 0.480 e. The zero-order chi connectivity index (χ0) is 11.7. The number of ether oxygens (including phenoxy) is 2. The van der Waals surface area contributed by atoms with Gasteiger partial charge < -0.3 is 20.3 Å². The summed E-state index contributed by atoms with van der Waals surface area (Å²) in [4.78, 5) is 10.5. The van der Waals surface area contributed by atoms with Crippen LogP contribution in [0.2, 0.25) is 0 Å². The van der Waals surface area contributed by atoms with Gasteiger partial charge in [-0.15, -0.1) is 0 Å². The van der Waals surface area contributed by atoms with Crippen molar-refractivity contribution in [3.8, 4) is 11.5 Å². The fourth-order valence-electron chi connectivity index (χ4n) is 1.46. The lowest BCUT2D eigenvalue weighted by Crippen LogP contribution is -2.32. The van der Waals surface area contributed by atoms with E-state index in [1.165, 1.54) is 12.1 Å². The van der Waals surface area contributed by atoms with Gasteiger partial charge in [0.25, 0.3) is 0 Å². The molecule has 1 unspecified atom stereocenters. The summed E-state index contributed by atoms with van der Waals surface area (Å²) in [5.41, 5.74) is 5.53. The summed E-state index contributed by atoms with van der Waals surface area (Å²) in [6.45, 7) is -0.0271. The molecule has 0 bridgehead atoms. The fourth-order valence-corrected chi connectivity index (χ4v) is 1.46. The summed E-state index contributed by atoms with van der Waals surface area (Å²) in [7, 11) is 0. The Balaban J connectivity index is 2.26. The molecule has 0 aliphatic carbocycles. The molecule has 0 amide bonds. The van der Waals surface area contributed by atoms with Gasteiger partial charge in [-0.2, -0.15) is 0 Å². The van der Waals surface area contributed by atoms with Crippen molar-refractivity contribution < 1.29 is 23.8 Å². The van der Waals surface area contributed by atoms with E-state index in [0.717, 1.165) is 0 Å². The van der Waals surface area contributed by atoms with E-state index in [9.17, 15) is 9.18 Å². The minimum Gasteiger partial charge on any atom is -0.480 e. The van der Waals surface area contributed by atoms with Gasteiger partial charge in [-0.1, -0.05) is 6.07 Å². The molecule has 6 heteroatoms. The van der Waals surface area contributed by atoms with Gasteiger partial charge in [-0.05, 0) is 11.6 Å². The Morgan fingerprint density at radius 1 is 1.56 bits per heavy atom. The Bertz CT molecular complexity index is 435. The van der Waals surface area contributed by atoms with E-state index in [0.29, 0.717) is 5.75 Å². The Morgan fingerprint density at radius 2 is 2.31 bits per heavy atom. The van der Waals surface area contributed by atoms with Crippen LogP contribution in [0.3, 0.4) is 0 Å². The number of aliphatic carboxylic acids is 1. The van der Waals surface area contributed by atoms with Gasteiger partial charge >= 0.3 is 5.97 Å². The lowest BCUT2D eigenvalue weighted by Gasteiger charge is -2.08. The number of nitrogens with two attached hydrogens (primary N) is 1. The number of carboxylic acids is 1. The van der Waals surface area contributed by atoms with Crippen LogP contribution in [0.4, 0.5) is 4.39 Å². The van der Waals surface area contributed by atoms with E-state index in [4.69, 9.17) is 20.3 Å². The third-order valence-corrected chi connectivity index (χ3v) is 2.32.